The number of hydrogen-bond donors (Lipinski definition) is 1. The van der Waals surface area contributed by atoms with E-state index in [0.717, 1.165) is 18.0 Å². The molecule has 2 aliphatic heterocycles. The standard InChI is InChI=1S/C20H27NO4Si/c1-23-20(22)17-14-21-15(9-10-19-24-11-12-25-19)13-18(17)26(2,3)16-7-5-4-6-8-16/h4-8,13-15,19,21H,9-12H2,1-3H3/t15-/m0/s1. The lowest BCUT2D eigenvalue weighted by molar-refractivity contribution is -0.135. The van der Waals surface area contributed by atoms with E-state index in [0.29, 0.717) is 18.8 Å². The van der Waals surface area contributed by atoms with Crippen molar-refractivity contribution in [3.05, 3.63) is 53.4 Å². The van der Waals surface area contributed by atoms with Crippen LogP contribution in [-0.2, 0) is 19.0 Å². The molecule has 0 unspecified atom stereocenters. The molecule has 1 aromatic rings. The lowest BCUT2D eigenvalue weighted by Crippen LogP contribution is -2.47. The molecule has 1 fully saturated rings. The van der Waals surface area contributed by atoms with Crippen molar-refractivity contribution in [3.63, 3.8) is 0 Å². The summed E-state index contributed by atoms with van der Waals surface area (Å²) in [6.07, 6.45) is 5.63. The van der Waals surface area contributed by atoms with Crippen LogP contribution in [0.25, 0.3) is 0 Å². The zero-order valence-corrected chi connectivity index (χ0v) is 16.7. The summed E-state index contributed by atoms with van der Waals surface area (Å²) in [6, 6.07) is 10.6. The fourth-order valence-corrected chi connectivity index (χ4v) is 6.30. The van der Waals surface area contributed by atoms with Gasteiger partial charge in [-0.3, -0.25) is 0 Å². The molecule has 0 saturated carbocycles. The maximum atomic E-state index is 12.3. The highest BCUT2D eigenvalue weighted by Crippen LogP contribution is 2.28. The van der Waals surface area contributed by atoms with Crippen LogP contribution in [0.2, 0.25) is 13.1 Å². The van der Waals surface area contributed by atoms with Crippen molar-refractivity contribution in [1.82, 2.24) is 5.32 Å². The highest BCUT2D eigenvalue weighted by molar-refractivity contribution is 6.96. The first-order chi connectivity index (χ1) is 12.5. The van der Waals surface area contributed by atoms with Gasteiger partial charge in [0.2, 0.25) is 0 Å². The number of benzene rings is 1. The molecular formula is C20H27NO4Si. The van der Waals surface area contributed by atoms with E-state index in [-0.39, 0.29) is 18.3 Å². The van der Waals surface area contributed by atoms with E-state index in [9.17, 15) is 4.79 Å². The van der Waals surface area contributed by atoms with Gasteiger partial charge in [-0.25, -0.2) is 4.79 Å². The summed E-state index contributed by atoms with van der Waals surface area (Å²) in [5.74, 6) is -0.291. The van der Waals surface area contributed by atoms with E-state index in [1.807, 2.05) is 12.3 Å². The van der Waals surface area contributed by atoms with E-state index >= 15 is 0 Å². The van der Waals surface area contributed by atoms with E-state index in [2.05, 4.69) is 48.8 Å². The van der Waals surface area contributed by atoms with Crippen molar-refractivity contribution in [3.8, 4) is 0 Å². The van der Waals surface area contributed by atoms with Gasteiger partial charge in [-0.15, -0.1) is 0 Å². The van der Waals surface area contributed by atoms with Crippen molar-refractivity contribution in [2.75, 3.05) is 20.3 Å². The molecule has 0 radical (unpaired) electrons. The molecule has 26 heavy (non-hydrogen) atoms. The Labute approximate surface area is 156 Å². The molecule has 1 atom stereocenters. The van der Waals surface area contributed by atoms with E-state index in [4.69, 9.17) is 14.2 Å². The molecule has 0 aliphatic carbocycles. The number of carbonyl (C=O) groups is 1. The molecule has 0 aromatic heterocycles. The minimum atomic E-state index is -2.03. The molecule has 1 saturated heterocycles. The molecule has 1 aromatic carbocycles. The Balaban J connectivity index is 1.84. The Kier molecular flexibility index (Phi) is 5.96. The summed E-state index contributed by atoms with van der Waals surface area (Å²) in [5, 5.41) is 5.75. The van der Waals surface area contributed by atoms with Gasteiger partial charge in [0.1, 0.15) is 8.07 Å². The third-order valence-corrected chi connectivity index (χ3v) is 8.64. The summed E-state index contributed by atoms with van der Waals surface area (Å²) in [4.78, 5) is 12.3. The zero-order valence-electron chi connectivity index (χ0n) is 15.7. The van der Waals surface area contributed by atoms with Gasteiger partial charge in [0, 0.05) is 18.7 Å². The number of rotatable bonds is 6. The fourth-order valence-electron chi connectivity index (χ4n) is 3.50. The minimum Gasteiger partial charge on any atom is -0.465 e. The average molecular weight is 374 g/mol. The molecule has 2 heterocycles. The van der Waals surface area contributed by atoms with Crippen molar-refractivity contribution in [2.24, 2.45) is 0 Å². The first-order valence-electron chi connectivity index (χ1n) is 9.08. The van der Waals surface area contributed by atoms with Gasteiger partial charge in [-0.2, -0.15) is 0 Å². The van der Waals surface area contributed by atoms with Crippen LogP contribution in [0.5, 0.6) is 0 Å². The van der Waals surface area contributed by atoms with E-state index in [1.54, 1.807) is 0 Å². The van der Waals surface area contributed by atoms with Gasteiger partial charge < -0.3 is 19.5 Å². The minimum absolute atomic E-state index is 0.112. The lowest BCUT2D eigenvalue weighted by Gasteiger charge is -2.32. The van der Waals surface area contributed by atoms with Gasteiger partial charge in [0.15, 0.2) is 6.29 Å². The van der Waals surface area contributed by atoms with Crippen LogP contribution >= 0.6 is 0 Å². The number of hydrogen-bond acceptors (Lipinski definition) is 5. The predicted molar refractivity (Wildman–Crippen MR) is 104 cm³/mol. The second-order valence-corrected chi connectivity index (χ2v) is 11.5. The van der Waals surface area contributed by atoms with E-state index < -0.39 is 8.07 Å². The van der Waals surface area contributed by atoms with Crippen LogP contribution in [0, 0.1) is 0 Å². The number of dihydropyridines is 1. The summed E-state index contributed by atoms with van der Waals surface area (Å²) < 4.78 is 16.1. The Morgan fingerprint density at radius 1 is 1.19 bits per heavy atom. The first-order valence-corrected chi connectivity index (χ1v) is 12.1. The number of carbonyl (C=O) groups excluding carboxylic acids is 1. The maximum absolute atomic E-state index is 12.3. The number of methoxy groups -OCH3 is 1. The molecule has 0 spiro atoms. The van der Waals surface area contributed by atoms with Crippen LogP contribution in [0.3, 0.4) is 0 Å². The monoisotopic (exact) mass is 373 g/mol. The number of esters is 1. The van der Waals surface area contributed by atoms with Crippen LogP contribution in [0.4, 0.5) is 0 Å². The molecule has 1 N–H and O–H groups in total. The average Bonchev–Trinajstić information content (AvgIpc) is 3.20. The molecule has 0 amide bonds. The molecular weight excluding hydrogens is 346 g/mol. The van der Waals surface area contributed by atoms with Crippen LogP contribution in [0.15, 0.2) is 53.4 Å². The van der Waals surface area contributed by atoms with Crippen molar-refractivity contribution < 1.29 is 19.0 Å². The van der Waals surface area contributed by atoms with Gasteiger partial charge in [0.25, 0.3) is 0 Å². The van der Waals surface area contributed by atoms with Crippen LogP contribution < -0.4 is 10.5 Å². The van der Waals surface area contributed by atoms with Gasteiger partial charge >= 0.3 is 5.97 Å². The highest BCUT2D eigenvalue weighted by Gasteiger charge is 2.35. The van der Waals surface area contributed by atoms with Crippen LogP contribution in [-0.4, -0.2) is 46.7 Å². The predicted octanol–water partition coefficient (Wildman–Crippen LogP) is 2.25. The molecule has 140 valence electrons. The Hall–Kier alpha value is -1.89. The Bertz CT molecular complexity index is 693. The highest BCUT2D eigenvalue weighted by atomic mass is 28.3. The summed E-state index contributed by atoms with van der Waals surface area (Å²) in [6.45, 7) is 5.89. The lowest BCUT2D eigenvalue weighted by atomic mass is 10.1. The summed E-state index contributed by atoms with van der Waals surface area (Å²) >= 11 is 0. The SMILES string of the molecule is COC(=O)C1=CN[C@@H](CCC2OCCO2)C=C1[Si](C)(C)c1ccccc1. The normalized spacial score (nSPS) is 21.0. The Morgan fingerprint density at radius 3 is 2.54 bits per heavy atom. The maximum Gasteiger partial charge on any atom is 0.339 e. The molecule has 6 heteroatoms. The number of nitrogens with one attached hydrogen (secondary N) is 1. The zero-order chi connectivity index (χ0) is 18.6. The third kappa shape index (κ3) is 4.08. The van der Waals surface area contributed by atoms with Crippen LogP contribution in [0.1, 0.15) is 12.8 Å². The molecule has 5 nitrogen and oxygen atoms in total. The van der Waals surface area contributed by atoms with Crippen molar-refractivity contribution in [1.29, 1.82) is 0 Å². The van der Waals surface area contributed by atoms with Gasteiger partial charge in [-0.05, 0) is 11.6 Å². The fraction of sp³-hybridized carbons (Fsp3) is 0.450. The largest absolute Gasteiger partial charge is 0.465 e. The second kappa shape index (κ2) is 8.20. The Morgan fingerprint density at radius 2 is 1.88 bits per heavy atom. The van der Waals surface area contributed by atoms with E-state index in [1.165, 1.54) is 12.3 Å². The van der Waals surface area contributed by atoms with Gasteiger partial charge in [-0.1, -0.05) is 54.7 Å². The summed E-state index contributed by atoms with van der Waals surface area (Å²) in [7, 11) is -0.604. The third-order valence-electron chi connectivity index (χ3n) is 5.08. The van der Waals surface area contributed by atoms with Gasteiger partial charge in [0.05, 0.1) is 25.9 Å². The number of ether oxygens (including phenoxy) is 3. The summed E-state index contributed by atoms with van der Waals surface area (Å²) in [5.41, 5.74) is 0.637. The molecule has 2 aliphatic rings. The van der Waals surface area contributed by atoms with Crippen molar-refractivity contribution in [2.45, 2.75) is 38.3 Å². The topological polar surface area (TPSA) is 56.8 Å². The molecule has 0 bridgehead atoms. The second-order valence-electron chi connectivity index (χ2n) is 7.14. The quantitative estimate of drug-likeness (QED) is 0.612. The van der Waals surface area contributed by atoms with Crippen molar-refractivity contribution >= 4 is 19.2 Å². The first kappa shape index (κ1) is 18.9. The smallest absolute Gasteiger partial charge is 0.339 e. The molecule has 3 rings (SSSR count).